The first-order valence-electron chi connectivity index (χ1n) is 3.56. The van der Waals surface area contributed by atoms with Gasteiger partial charge in [0.1, 0.15) is 0 Å². The Morgan fingerprint density at radius 1 is 1.69 bits per heavy atom. The Labute approximate surface area is 82.4 Å². The van der Waals surface area contributed by atoms with Gasteiger partial charge in [0.2, 0.25) is 0 Å². The van der Waals surface area contributed by atoms with Crippen LogP contribution in [0.2, 0.25) is 0 Å². The summed E-state index contributed by atoms with van der Waals surface area (Å²) in [5.74, 6) is -1.28. The van der Waals surface area contributed by atoms with E-state index in [1.807, 2.05) is 22.0 Å². The molecule has 0 radical (unpaired) electrons. The normalized spacial score (nSPS) is 20.4. The standard InChI is InChI=1S/C7H7BrF2N2O/c1-6(2-11)3-12(4-6)5(13)7(8,9)10/h3-4H2,1H3. The number of rotatable bonds is 1. The van der Waals surface area contributed by atoms with Crippen LogP contribution in [0.4, 0.5) is 8.78 Å². The molecule has 0 aliphatic carbocycles. The van der Waals surface area contributed by atoms with Gasteiger partial charge in [-0.2, -0.15) is 14.0 Å². The monoisotopic (exact) mass is 252 g/mol. The highest BCUT2D eigenvalue weighted by molar-refractivity contribution is 9.10. The third-order valence-corrected chi connectivity index (χ3v) is 2.22. The molecule has 1 aliphatic heterocycles. The highest BCUT2D eigenvalue weighted by Crippen LogP contribution is 2.34. The van der Waals surface area contributed by atoms with E-state index >= 15 is 0 Å². The van der Waals surface area contributed by atoms with Crippen molar-refractivity contribution in [2.75, 3.05) is 13.1 Å². The zero-order valence-electron chi connectivity index (χ0n) is 6.85. The van der Waals surface area contributed by atoms with Gasteiger partial charge in [0, 0.05) is 29.0 Å². The molecule has 1 aliphatic rings. The molecule has 6 heteroatoms. The summed E-state index contributed by atoms with van der Waals surface area (Å²) in [6, 6.07) is 1.96. The zero-order valence-corrected chi connectivity index (χ0v) is 8.44. The van der Waals surface area contributed by atoms with Crippen LogP contribution < -0.4 is 0 Å². The van der Waals surface area contributed by atoms with Gasteiger partial charge in [-0.1, -0.05) is 0 Å². The maximum atomic E-state index is 12.4. The summed E-state index contributed by atoms with van der Waals surface area (Å²) < 4.78 is 24.8. The van der Waals surface area contributed by atoms with Crippen molar-refractivity contribution in [2.45, 2.75) is 11.8 Å². The number of alkyl halides is 3. The lowest BCUT2D eigenvalue weighted by Crippen LogP contribution is -2.59. The van der Waals surface area contributed by atoms with Crippen LogP contribution in [0.5, 0.6) is 0 Å². The number of nitriles is 1. The topological polar surface area (TPSA) is 44.1 Å². The molecular formula is C7H7BrF2N2O. The number of likely N-dealkylation sites (tertiary alicyclic amines) is 1. The molecule has 0 aromatic heterocycles. The van der Waals surface area contributed by atoms with Crippen molar-refractivity contribution in [3.8, 4) is 6.07 Å². The Bertz CT molecular complexity index is 275. The molecule has 0 saturated carbocycles. The van der Waals surface area contributed by atoms with Crippen molar-refractivity contribution in [2.24, 2.45) is 5.41 Å². The molecule has 1 amide bonds. The Kier molecular flexibility index (Phi) is 2.32. The highest BCUT2D eigenvalue weighted by atomic mass is 79.9. The second-order valence-electron chi connectivity index (χ2n) is 3.33. The second kappa shape index (κ2) is 2.91. The summed E-state index contributed by atoms with van der Waals surface area (Å²) in [6.45, 7) is 1.77. The van der Waals surface area contributed by atoms with E-state index in [1.165, 1.54) is 0 Å². The molecule has 13 heavy (non-hydrogen) atoms. The fourth-order valence-electron chi connectivity index (χ4n) is 1.19. The largest absolute Gasteiger partial charge is 0.377 e. The molecule has 0 atom stereocenters. The minimum Gasteiger partial charge on any atom is -0.333 e. The predicted octanol–water partition coefficient (Wildman–Crippen LogP) is 1.35. The first-order valence-corrected chi connectivity index (χ1v) is 4.35. The molecule has 1 rings (SSSR count). The van der Waals surface area contributed by atoms with Crippen LogP contribution in [0.1, 0.15) is 6.92 Å². The smallest absolute Gasteiger partial charge is 0.333 e. The molecule has 1 fully saturated rings. The number of hydrogen-bond acceptors (Lipinski definition) is 2. The van der Waals surface area contributed by atoms with Crippen LogP contribution in [0.25, 0.3) is 0 Å². The highest BCUT2D eigenvalue weighted by Gasteiger charge is 2.48. The molecule has 0 aromatic rings. The fraction of sp³-hybridized carbons (Fsp3) is 0.714. The van der Waals surface area contributed by atoms with Crippen LogP contribution in [-0.4, -0.2) is 28.7 Å². The number of nitrogens with zero attached hydrogens (tertiary/aromatic N) is 2. The van der Waals surface area contributed by atoms with E-state index in [0.29, 0.717) is 0 Å². The zero-order chi connectivity index (χ0) is 10.3. The van der Waals surface area contributed by atoms with Gasteiger partial charge < -0.3 is 4.90 Å². The molecule has 0 spiro atoms. The van der Waals surface area contributed by atoms with Gasteiger partial charge in [-0.3, -0.25) is 4.79 Å². The van der Waals surface area contributed by atoms with E-state index in [-0.39, 0.29) is 13.1 Å². The van der Waals surface area contributed by atoms with E-state index in [9.17, 15) is 13.6 Å². The number of carbonyl (C=O) groups excluding carboxylic acids is 1. The first-order chi connectivity index (χ1) is 5.78. The van der Waals surface area contributed by atoms with Crippen LogP contribution in [0.3, 0.4) is 0 Å². The van der Waals surface area contributed by atoms with Crippen molar-refractivity contribution < 1.29 is 13.6 Å². The lowest BCUT2D eigenvalue weighted by atomic mass is 9.84. The molecule has 3 nitrogen and oxygen atoms in total. The Morgan fingerprint density at radius 2 is 2.15 bits per heavy atom. The van der Waals surface area contributed by atoms with E-state index in [4.69, 9.17) is 5.26 Å². The Hall–Kier alpha value is -0.700. The SMILES string of the molecule is CC1(C#N)CN(C(=O)C(F)(F)Br)C1. The quantitative estimate of drug-likeness (QED) is 0.662. The van der Waals surface area contributed by atoms with Gasteiger partial charge in [0.15, 0.2) is 0 Å². The van der Waals surface area contributed by atoms with Gasteiger partial charge in [-0.25, -0.2) is 0 Å². The fourth-order valence-corrected chi connectivity index (χ4v) is 1.44. The third kappa shape index (κ3) is 1.97. The lowest BCUT2D eigenvalue weighted by Gasteiger charge is -2.43. The summed E-state index contributed by atoms with van der Waals surface area (Å²) in [7, 11) is 0. The van der Waals surface area contributed by atoms with Crippen molar-refractivity contribution in [1.82, 2.24) is 4.90 Å². The number of amides is 1. The van der Waals surface area contributed by atoms with Crippen LogP contribution in [-0.2, 0) is 4.79 Å². The predicted molar refractivity (Wildman–Crippen MR) is 44.2 cm³/mol. The average Bonchev–Trinajstić information content (AvgIpc) is 1.95. The molecule has 1 heterocycles. The maximum Gasteiger partial charge on any atom is 0.377 e. The van der Waals surface area contributed by atoms with E-state index < -0.39 is 16.2 Å². The number of hydrogen-bond donors (Lipinski definition) is 0. The van der Waals surface area contributed by atoms with Crippen molar-refractivity contribution in [3.05, 3.63) is 0 Å². The molecule has 72 valence electrons. The van der Waals surface area contributed by atoms with Gasteiger partial charge >= 0.3 is 10.7 Å². The number of carbonyl (C=O) groups is 1. The van der Waals surface area contributed by atoms with Crippen LogP contribution in [0.15, 0.2) is 0 Å². The summed E-state index contributed by atoms with van der Waals surface area (Å²) in [5, 5.41) is 8.56. The van der Waals surface area contributed by atoms with Crippen molar-refractivity contribution in [3.63, 3.8) is 0 Å². The van der Waals surface area contributed by atoms with Gasteiger partial charge in [0.25, 0.3) is 0 Å². The van der Waals surface area contributed by atoms with Crippen molar-refractivity contribution >= 4 is 21.8 Å². The van der Waals surface area contributed by atoms with Gasteiger partial charge in [-0.15, -0.1) is 0 Å². The minimum atomic E-state index is -3.51. The maximum absolute atomic E-state index is 12.4. The molecular weight excluding hydrogens is 246 g/mol. The Morgan fingerprint density at radius 3 is 2.46 bits per heavy atom. The van der Waals surface area contributed by atoms with Crippen LogP contribution in [0, 0.1) is 16.7 Å². The average molecular weight is 253 g/mol. The summed E-state index contributed by atoms with van der Waals surface area (Å²) in [4.78, 5) is 8.32. The summed E-state index contributed by atoms with van der Waals surface area (Å²) in [5.41, 5.74) is -0.659. The van der Waals surface area contributed by atoms with E-state index in [2.05, 4.69) is 0 Å². The first kappa shape index (κ1) is 10.4. The molecule has 0 aromatic carbocycles. The summed E-state index contributed by atoms with van der Waals surface area (Å²) >= 11 is 1.97. The molecule has 0 bridgehead atoms. The minimum absolute atomic E-state index is 0.0729. The van der Waals surface area contributed by atoms with Crippen LogP contribution >= 0.6 is 15.9 Å². The molecule has 1 saturated heterocycles. The Balaban J connectivity index is 2.55. The van der Waals surface area contributed by atoms with E-state index in [0.717, 1.165) is 4.90 Å². The number of halogens is 3. The second-order valence-corrected chi connectivity index (χ2v) is 4.33. The van der Waals surface area contributed by atoms with Gasteiger partial charge in [0.05, 0.1) is 11.5 Å². The van der Waals surface area contributed by atoms with Gasteiger partial charge in [-0.05, 0) is 6.92 Å². The third-order valence-electron chi connectivity index (χ3n) is 1.88. The molecule has 0 N–H and O–H groups in total. The van der Waals surface area contributed by atoms with E-state index in [1.54, 1.807) is 6.92 Å². The molecule has 0 unspecified atom stereocenters. The lowest BCUT2D eigenvalue weighted by molar-refractivity contribution is -0.154. The van der Waals surface area contributed by atoms with Crippen molar-refractivity contribution in [1.29, 1.82) is 5.26 Å². The summed E-state index contributed by atoms with van der Waals surface area (Å²) in [6.07, 6.45) is 0.